The molecule has 0 bridgehead atoms. The van der Waals surface area contributed by atoms with Crippen LogP contribution >= 0.6 is 7.82 Å². The number of rotatable bonds is 75. The summed E-state index contributed by atoms with van der Waals surface area (Å²) in [6, 6.07) is 0. The van der Waals surface area contributed by atoms with Crippen molar-refractivity contribution >= 4 is 19.8 Å². The summed E-state index contributed by atoms with van der Waals surface area (Å²) < 4.78 is 34.8. The van der Waals surface area contributed by atoms with Crippen LogP contribution < -0.4 is 0 Å². The van der Waals surface area contributed by atoms with E-state index in [-0.39, 0.29) is 25.6 Å². The minimum atomic E-state index is -4.39. The van der Waals surface area contributed by atoms with E-state index in [9.17, 15) is 19.0 Å². The van der Waals surface area contributed by atoms with E-state index in [2.05, 4.69) is 74.6 Å². The van der Waals surface area contributed by atoms with E-state index in [0.29, 0.717) is 23.9 Å². The number of hydrogen-bond donors (Lipinski definition) is 1. The van der Waals surface area contributed by atoms with Crippen LogP contribution in [0.4, 0.5) is 0 Å². The lowest BCUT2D eigenvalue weighted by Gasteiger charge is -2.24. The number of hydrogen-bond acceptors (Lipinski definition) is 7. The molecule has 0 aromatic heterocycles. The van der Waals surface area contributed by atoms with Crippen molar-refractivity contribution in [3.63, 3.8) is 0 Å². The van der Waals surface area contributed by atoms with Gasteiger partial charge in [-0.25, -0.2) is 4.57 Å². The minimum absolute atomic E-state index is 0.0327. The number of phosphoric ester groups is 1. The zero-order valence-corrected chi connectivity index (χ0v) is 62.7. The monoisotopic (exact) mass is 1310 g/mol. The van der Waals surface area contributed by atoms with Crippen LogP contribution in [0.25, 0.3) is 0 Å². The summed E-state index contributed by atoms with van der Waals surface area (Å²) in [6.07, 6.45) is 98.1. The Bertz CT molecular complexity index is 1740. The van der Waals surface area contributed by atoms with E-state index in [1.807, 2.05) is 21.1 Å². The Morgan fingerprint density at radius 3 is 0.935 bits per heavy atom. The summed E-state index contributed by atoms with van der Waals surface area (Å²) in [5.74, 6) is -0.779. The number of unbranched alkanes of at least 4 members (excludes halogenated alkanes) is 51. The molecule has 540 valence electrons. The second-order valence-electron chi connectivity index (χ2n) is 28.4. The van der Waals surface area contributed by atoms with Gasteiger partial charge in [-0.2, -0.15) is 0 Å². The predicted molar refractivity (Wildman–Crippen MR) is 400 cm³/mol. The molecule has 0 saturated heterocycles. The number of esters is 2. The molecular formula is C82H155NO8P+. The van der Waals surface area contributed by atoms with Crippen LogP contribution in [0.2, 0.25) is 0 Å². The number of carbonyl (C=O) groups is 2. The molecule has 0 saturated carbocycles. The minimum Gasteiger partial charge on any atom is -0.462 e. The fourth-order valence-corrected chi connectivity index (χ4v) is 12.7. The van der Waals surface area contributed by atoms with Gasteiger partial charge in [0.05, 0.1) is 27.7 Å². The number of carbonyl (C=O) groups excluding carboxylic acids is 2. The summed E-state index contributed by atoms with van der Waals surface area (Å²) in [7, 11) is 1.49. The molecule has 0 rings (SSSR count). The maximum Gasteiger partial charge on any atom is 0.472 e. The van der Waals surface area contributed by atoms with Crippen LogP contribution in [0.15, 0.2) is 60.8 Å². The molecule has 9 nitrogen and oxygen atoms in total. The van der Waals surface area contributed by atoms with Crippen LogP contribution in [0.1, 0.15) is 399 Å². The lowest BCUT2D eigenvalue weighted by atomic mass is 10.0. The average molecular weight is 1310 g/mol. The van der Waals surface area contributed by atoms with Crippen molar-refractivity contribution in [3.8, 4) is 0 Å². The van der Waals surface area contributed by atoms with Crippen molar-refractivity contribution in [1.82, 2.24) is 0 Å². The topological polar surface area (TPSA) is 108 Å². The predicted octanol–water partition coefficient (Wildman–Crippen LogP) is 26.5. The van der Waals surface area contributed by atoms with E-state index >= 15 is 0 Å². The van der Waals surface area contributed by atoms with Gasteiger partial charge in [0.15, 0.2) is 6.10 Å². The van der Waals surface area contributed by atoms with Gasteiger partial charge in [0.25, 0.3) is 0 Å². The smallest absolute Gasteiger partial charge is 0.462 e. The highest BCUT2D eigenvalue weighted by Crippen LogP contribution is 2.43. The molecule has 0 aromatic rings. The van der Waals surface area contributed by atoms with E-state index in [1.165, 1.54) is 308 Å². The number of nitrogens with zero attached hydrogens (tertiary/aromatic N) is 1. The van der Waals surface area contributed by atoms with E-state index in [1.54, 1.807) is 0 Å². The van der Waals surface area contributed by atoms with Crippen molar-refractivity contribution in [1.29, 1.82) is 0 Å². The number of phosphoric acid groups is 1. The molecule has 0 aliphatic heterocycles. The first-order valence-electron chi connectivity index (χ1n) is 40.0. The molecule has 0 fully saturated rings. The average Bonchev–Trinajstić information content (AvgIpc) is 2.14. The second kappa shape index (κ2) is 73.0. The Hall–Kier alpha value is -2.29. The van der Waals surface area contributed by atoms with Crippen LogP contribution in [-0.2, 0) is 32.7 Å². The molecular weight excluding hydrogens is 1160 g/mol. The van der Waals surface area contributed by atoms with Gasteiger partial charge in [0.1, 0.15) is 19.8 Å². The van der Waals surface area contributed by atoms with Gasteiger partial charge in [-0.3, -0.25) is 18.6 Å². The molecule has 0 aromatic carbocycles. The van der Waals surface area contributed by atoms with Crippen molar-refractivity contribution in [3.05, 3.63) is 60.8 Å². The highest BCUT2D eigenvalue weighted by atomic mass is 31.2. The van der Waals surface area contributed by atoms with Crippen LogP contribution in [-0.4, -0.2) is 74.9 Å². The Morgan fingerprint density at radius 2 is 0.620 bits per heavy atom. The molecule has 10 heteroatoms. The lowest BCUT2D eigenvalue weighted by Crippen LogP contribution is -2.37. The SMILES string of the molecule is CC/C=C\C/C=C\C/C=C\C/C=C\CCCCCCCCCCCCCCCCC(=O)OC(COC(=O)CCCCCCCCCCCCCCCCCCCCCCCCCCCCCCC/C=C\CCCCCCCCCC)COP(=O)(O)OCC[N+](C)(C)C. The summed E-state index contributed by atoms with van der Waals surface area (Å²) in [5.41, 5.74) is 0. The number of ether oxygens (including phenoxy) is 2. The van der Waals surface area contributed by atoms with E-state index in [4.69, 9.17) is 18.5 Å². The first-order chi connectivity index (χ1) is 45.0. The van der Waals surface area contributed by atoms with Crippen molar-refractivity contribution in [2.75, 3.05) is 47.5 Å². The standard InChI is InChI=1S/C82H154NO8P/c1-6-8-10-12-14-16-18-20-22-24-26-28-30-32-34-35-36-37-38-39-40-41-42-43-44-45-46-47-49-50-52-54-56-58-60-62-64-66-68-70-72-74-81(84)88-78-80(79-90-92(86,87)89-77-76-83(3,4)5)91-82(85)75-73-71-69-67-65-63-61-59-57-55-53-51-48-33-31-29-27-25-23-21-19-17-15-13-11-9-7-2/h9,11,15,17,21,23-24,26-27,29,80H,6-8,10,12-14,16,18-20,22,25,28,30-79H2,1-5H3/p+1/b11-9-,17-15-,23-21-,26-24-,29-27-. The Kier molecular flexibility index (Phi) is 71.2. The zero-order valence-electron chi connectivity index (χ0n) is 61.8. The summed E-state index contributed by atoms with van der Waals surface area (Å²) >= 11 is 0. The molecule has 0 spiro atoms. The maximum atomic E-state index is 12.9. The molecule has 2 unspecified atom stereocenters. The van der Waals surface area contributed by atoms with Gasteiger partial charge in [-0.15, -0.1) is 0 Å². The van der Waals surface area contributed by atoms with Crippen LogP contribution in [0, 0.1) is 0 Å². The molecule has 0 radical (unpaired) electrons. The maximum absolute atomic E-state index is 12.9. The third kappa shape index (κ3) is 76.7. The molecule has 0 aliphatic rings. The van der Waals surface area contributed by atoms with Crippen LogP contribution in [0.5, 0.6) is 0 Å². The molecule has 0 aliphatic carbocycles. The summed E-state index contributed by atoms with van der Waals surface area (Å²) in [5, 5.41) is 0. The van der Waals surface area contributed by atoms with Crippen molar-refractivity contribution < 1.29 is 42.1 Å². The van der Waals surface area contributed by atoms with E-state index in [0.717, 1.165) is 57.8 Å². The van der Waals surface area contributed by atoms with E-state index < -0.39 is 26.5 Å². The van der Waals surface area contributed by atoms with Gasteiger partial charge in [0.2, 0.25) is 0 Å². The molecule has 92 heavy (non-hydrogen) atoms. The third-order valence-electron chi connectivity index (χ3n) is 18.0. The molecule has 0 heterocycles. The number of quaternary nitrogens is 1. The second-order valence-corrected chi connectivity index (χ2v) is 29.9. The zero-order chi connectivity index (χ0) is 66.9. The van der Waals surface area contributed by atoms with Crippen molar-refractivity contribution in [2.45, 2.75) is 405 Å². The fraction of sp³-hybridized carbons (Fsp3) is 0.854. The fourth-order valence-electron chi connectivity index (χ4n) is 12.0. The highest BCUT2D eigenvalue weighted by Gasteiger charge is 2.27. The Morgan fingerprint density at radius 1 is 0.348 bits per heavy atom. The molecule has 1 N–H and O–H groups in total. The lowest BCUT2D eigenvalue weighted by molar-refractivity contribution is -0.870. The number of allylic oxidation sites excluding steroid dienone is 10. The Labute approximate surface area is 572 Å². The van der Waals surface area contributed by atoms with Gasteiger partial charge in [-0.05, 0) is 77.0 Å². The first-order valence-corrected chi connectivity index (χ1v) is 41.5. The van der Waals surface area contributed by atoms with Gasteiger partial charge >= 0.3 is 19.8 Å². The molecule has 2 atom stereocenters. The molecule has 0 amide bonds. The summed E-state index contributed by atoms with van der Waals surface area (Å²) in [4.78, 5) is 36.0. The normalized spacial score (nSPS) is 13.3. The van der Waals surface area contributed by atoms with Crippen molar-refractivity contribution in [2.24, 2.45) is 0 Å². The third-order valence-corrected chi connectivity index (χ3v) is 19.0. The summed E-state index contributed by atoms with van der Waals surface area (Å²) in [6.45, 7) is 4.38. The Balaban J connectivity index is 3.87. The van der Waals surface area contributed by atoms with Gasteiger partial charge in [-0.1, -0.05) is 370 Å². The van der Waals surface area contributed by atoms with Gasteiger partial charge in [0, 0.05) is 12.8 Å². The number of likely N-dealkylation sites (N-methyl/N-ethyl adjacent to an activating group) is 1. The van der Waals surface area contributed by atoms with Gasteiger partial charge < -0.3 is 18.9 Å². The first kappa shape index (κ1) is 89.7. The largest absolute Gasteiger partial charge is 0.472 e. The quantitative estimate of drug-likeness (QED) is 0.0211. The highest BCUT2D eigenvalue weighted by molar-refractivity contribution is 7.47. The van der Waals surface area contributed by atoms with Crippen LogP contribution in [0.3, 0.4) is 0 Å².